The lowest BCUT2D eigenvalue weighted by Crippen LogP contribution is -2.29. The molecule has 3 rings (SSSR count). The topological polar surface area (TPSA) is 31.8 Å². The SMILES string of the molecule is CC[n+]1ccsc1/N=N/c1ccc(N2CCCCC2)cc1. The van der Waals surface area contributed by atoms with E-state index in [-0.39, 0.29) is 0 Å². The summed E-state index contributed by atoms with van der Waals surface area (Å²) in [5.41, 5.74) is 2.21. The first-order valence-electron chi connectivity index (χ1n) is 7.60. The number of benzene rings is 1. The van der Waals surface area contributed by atoms with E-state index in [1.165, 1.54) is 38.0 Å². The van der Waals surface area contributed by atoms with Crippen molar-refractivity contribution in [2.45, 2.75) is 32.7 Å². The molecule has 0 bridgehead atoms. The summed E-state index contributed by atoms with van der Waals surface area (Å²) in [5, 5.41) is 11.7. The van der Waals surface area contributed by atoms with Crippen molar-refractivity contribution in [1.82, 2.24) is 0 Å². The van der Waals surface area contributed by atoms with Crippen molar-refractivity contribution in [1.29, 1.82) is 0 Å². The zero-order valence-corrected chi connectivity index (χ0v) is 13.2. The highest BCUT2D eigenvalue weighted by atomic mass is 32.1. The second-order valence-corrected chi connectivity index (χ2v) is 6.11. The molecule has 5 heteroatoms. The molecule has 0 N–H and O–H groups in total. The molecule has 1 aromatic carbocycles. The Morgan fingerprint density at radius 1 is 1.10 bits per heavy atom. The first-order valence-corrected chi connectivity index (χ1v) is 8.48. The van der Waals surface area contributed by atoms with Gasteiger partial charge in [0.05, 0.1) is 11.7 Å². The Kier molecular flexibility index (Phi) is 4.60. The molecule has 1 saturated heterocycles. The van der Waals surface area contributed by atoms with Crippen LogP contribution in [-0.2, 0) is 6.54 Å². The molecule has 0 saturated carbocycles. The summed E-state index contributed by atoms with van der Waals surface area (Å²) in [6.45, 7) is 5.38. The minimum atomic E-state index is 0.909. The fraction of sp³-hybridized carbons (Fsp3) is 0.438. The van der Waals surface area contributed by atoms with Crippen molar-refractivity contribution in [2.75, 3.05) is 18.0 Å². The van der Waals surface area contributed by atoms with Crippen molar-refractivity contribution in [3.05, 3.63) is 35.8 Å². The molecule has 0 radical (unpaired) electrons. The number of aryl methyl sites for hydroxylation is 1. The summed E-state index contributed by atoms with van der Waals surface area (Å²) in [5.74, 6) is 0. The first kappa shape index (κ1) is 14.2. The molecule has 0 aliphatic carbocycles. The molecule has 2 heterocycles. The Morgan fingerprint density at radius 2 is 1.86 bits per heavy atom. The van der Waals surface area contributed by atoms with Crippen LogP contribution in [0.3, 0.4) is 0 Å². The predicted molar refractivity (Wildman–Crippen MR) is 86.9 cm³/mol. The highest BCUT2D eigenvalue weighted by molar-refractivity contribution is 7.12. The Morgan fingerprint density at radius 3 is 2.57 bits per heavy atom. The number of rotatable bonds is 4. The third kappa shape index (κ3) is 3.47. The van der Waals surface area contributed by atoms with Gasteiger partial charge in [-0.3, -0.25) is 0 Å². The van der Waals surface area contributed by atoms with Gasteiger partial charge in [-0.2, -0.15) is 0 Å². The molecule has 0 atom stereocenters. The summed E-state index contributed by atoms with van der Waals surface area (Å²) in [4.78, 5) is 2.45. The molecule has 0 amide bonds. The summed E-state index contributed by atoms with van der Waals surface area (Å²) in [6, 6.07) is 8.42. The van der Waals surface area contributed by atoms with Crippen LogP contribution in [0.25, 0.3) is 0 Å². The standard InChI is InChI=1S/C16H21N4S/c1-2-19-12-13-21-16(19)18-17-14-6-8-15(9-7-14)20-10-4-3-5-11-20/h6-9,12-13H,2-5,10-11H2,1H3/q+1. The van der Waals surface area contributed by atoms with Crippen LogP contribution < -0.4 is 9.47 Å². The number of nitrogens with zero attached hydrogens (tertiary/aromatic N) is 4. The third-order valence-corrected chi connectivity index (χ3v) is 4.61. The van der Waals surface area contributed by atoms with Crippen LogP contribution >= 0.6 is 11.3 Å². The van der Waals surface area contributed by atoms with E-state index in [1.807, 2.05) is 11.6 Å². The number of thiazole rings is 1. The Hall–Kier alpha value is -1.75. The van der Waals surface area contributed by atoms with Crippen molar-refractivity contribution < 1.29 is 4.57 Å². The van der Waals surface area contributed by atoms with Crippen molar-refractivity contribution in [2.24, 2.45) is 10.2 Å². The van der Waals surface area contributed by atoms with Gasteiger partial charge in [-0.05, 0) is 66.9 Å². The molecule has 21 heavy (non-hydrogen) atoms. The Balaban J connectivity index is 1.69. The molecule has 2 aromatic rings. The maximum Gasteiger partial charge on any atom is 0.408 e. The maximum absolute atomic E-state index is 4.34. The summed E-state index contributed by atoms with van der Waals surface area (Å²) < 4.78 is 2.09. The van der Waals surface area contributed by atoms with Crippen LogP contribution in [-0.4, -0.2) is 13.1 Å². The molecular weight excluding hydrogens is 280 g/mol. The van der Waals surface area contributed by atoms with Gasteiger partial charge in [0.25, 0.3) is 0 Å². The average Bonchev–Trinajstić information content (AvgIpc) is 3.02. The van der Waals surface area contributed by atoms with E-state index < -0.39 is 0 Å². The predicted octanol–water partition coefficient (Wildman–Crippen LogP) is 4.46. The van der Waals surface area contributed by atoms with E-state index in [1.54, 1.807) is 11.3 Å². The number of anilines is 1. The minimum absolute atomic E-state index is 0.909. The number of hydrogen-bond acceptors (Lipinski definition) is 4. The fourth-order valence-electron chi connectivity index (χ4n) is 2.60. The molecule has 4 nitrogen and oxygen atoms in total. The lowest BCUT2D eigenvalue weighted by molar-refractivity contribution is -0.676. The lowest BCUT2D eigenvalue weighted by Gasteiger charge is -2.28. The van der Waals surface area contributed by atoms with E-state index in [0.717, 1.165) is 17.4 Å². The van der Waals surface area contributed by atoms with Crippen molar-refractivity contribution in [3.8, 4) is 0 Å². The fourth-order valence-corrected chi connectivity index (χ4v) is 3.34. The molecule has 1 aromatic heterocycles. The quantitative estimate of drug-likeness (QED) is 0.606. The first-order chi connectivity index (χ1) is 10.4. The van der Waals surface area contributed by atoms with Gasteiger partial charge in [0.15, 0.2) is 0 Å². The molecular formula is C16H21N4S+. The Labute approximate surface area is 129 Å². The van der Waals surface area contributed by atoms with Gasteiger partial charge >= 0.3 is 5.13 Å². The van der Waals surface area contributed by atoms with Crippen LogP contribution in [0, 0.1) is 0 Å². The molecule has 1 aliphatic rings. The molecule has 1 fully saturated rings. The average molecular weight is 301 g/mol. The van der Waals surface area contributed by atoms with E-state index >= 15 is 0 Å². The normalized spacial score (nSPS) is 15.8. The smallest absolute Gasteiger partial charge is 0.372 e. The van der Waals surface area contributed by atoms with E-state index in [4.69, 9.17) is 0 Å². The third-order valence-electron chi connectivity index (χ3n) is 3.82. The number of azo groups is 1. The van der Waals surface area contributed by atoms with Crippen LogP contribution in [0.4, 0.5) is 16.5 Å². The minimum Gasteiger partial charge on any atom is -0.372 e. The highest BCUT2D eigenvalue weighted by Gasteiger charge is 2.11. The molecule has 0 spiro atoms. The monoisotopic (exact) mass is 301 g/mol. The number of hydrogen-bond donors (Lipinski definition) is 0. The van der Waals surface area contributed by atoms with Crippen molar-refractivity contribution >= 4 is 27.8 Å². The zero-order chi connectivity index (χ0) is 14.5. The van der Waals surface area contributed by atoms with E-state index in [0.29, 0.717) is 0 Å². The van der Waals surface area contributed by atoms with Crippen molar-refractivity contribution in [3.63, 3.8) is 0 Å². The summed E-state index contributed by atoms with van der Waals surface area (Å²) in [7, 11) is 0. The molecule has 0 unspecified atom stereocenters. The second-order valence-electron chi connectivity index (χ2n) is 5.24. The van der Waals surface area contributed by atoms with Gasteiger partial charge in [-0.1, -0.05) is 0 Å². The number of piperidine rings is 1. The largest absolute Gasteiger partial charge is 0.408 e. The maximum atomic E-state index is 4.34. The number of aromatic nitrogens is 1. The van der Waals surface area contributed by atoms with E-state index in [2.05, 4.69) is 50.9 Å². The second kappa shape index (κ2) is 6.80. The summed E-state index contributed by atoms with van der Waals surface area (Å²) >= 11 is 1.61. The highest BCUT2D eigenvalue weighted by Crippen LogP contribution is 2.24. The van der Waals surface area contributed by atoms with Gasteiger partial charge in [0.1, 0.15) is 11.9 Å². The van der Waals surface area contributed by atoms with Crippen LogP contribution in [0.2, 0.25) is 0 Å². The van der Waals surface area contributed by atoms with Gasteiger partial charge in [0, 0.05) is 24.2 Å². The van der Waals surface area contributed by atoms with Crippen LogP contribution in [0.15, 0.2) is 46.1 Å². The lowest BCUT2D eigenvalue weighted by atomic mass is 10.1. The zero-order valence-electron chi connectivity index (χ0n) is 12.4. The molecule has 110 valence electrons. The van der Waals surface area contributed by atoms with Gasteiger partial charge in [-0.15, -0.1) is 0 Å². The molecule has 1 aliphatic heterocycles. The summed E-state index contributed by atoms with van der Waals surface area (Å²) in [6.07, 6.45) is 6.01. The van der Waals surface area contributed by atoms with Crippen LogP contribution in [0.5, 0.6) is 0 Å². The van der Waals surface area contributed by atoms with Gasteiger partial charge in [-0.25, -0.2) is 4.57 Å². The van der Waals surface area contributed by atoms with Crippen LogP contribution in [0.1, 0.15) is 26.2 Å². The van der Waals surface area contributed by atoms with Gasteiger partial charge < -0.3 is 4.90 Å². The van der Waals surface area contributed by atoms with E-state index in [9.17, 15) is 0 Å². The Bertz CT molecular complexity index is 597. The van der Waals surface area contributed by atoms with Gasteiger partial charge in [0.2, 0.25) is 0 Å².